The van der Waals surface area contributed by atoms with E-state index in [0.29, 0.717) is 40.7 Å². The zero-order valence-corrected chi connectivity index (χ0v) is 24.1. The van der Waals surface area contributed by atoms with E-state index in [1.54, 1.807) is 24.9 Å². The Hall–Kier alpha value is -4.00. The van der Waals surface area contributed by atoms with Crippen LogP contribution in [0.5, 0.6) is 0 Å². The zero-order chi connectivity index (χ0) is 28.7. The third-order valence-electron chi connectivity index (χ3n) is 7.68. The van der Waals surface area contributed by atoms with E-state index in [4.69, 9.17) is 16.6 Å². The summed E-state index contributed by atoms with van der Waals surface area (Å²) in [6, 6.07) is 20.3. The summed E-state index contributed by atoms with van der Waals surface area (Å²) in [5.74, 6) is -1.25. The molecular weight excluding hydrogens is 522 g/mol. The lowest BCUT2D eigenvalue weighted by atomic mass is 9.95. The second-order valence-electron chi connectivity index (χ2n) is 10.7. The van der Waals surface area contributed by atoms with Gasteiger partial charge >= 0.3 is 5.97 Å². The molecule has 0 fully saturated rings. The lowest BCUT2D eigenvalue weighted by molar-refractivity contribution is -0.133. The molecule has 40 heavy (non-hydrogen) atoms. The number of hydrogen-bond acceptors (Lipinski definition) is 4. The number of benzene rings is 3. The van der Waals surface area contributed by atoms with Crippen molar-refractivity contribution in [1.82, 2.24) is 4.90 Å². The standard InChI is InChI=1S/C33H32ClN3O3/c1-19-8-6-7-9-25(19)22-10-12-23(13-11-22)27-15-28-30(16-29(27)34)37(5)32(38)31(28)21(3)35-24-14-26(33(39)40)20(2)17-36(4)18-24/h6-16,20H,17-18H2,1-5H3,(H,39,40)/b31-21-,35-24?. The Balaban J connectivity index is 1.58. The van der Waals surface area contributed by atoms with Gasteiger partial charge in [0.05, 0.1) is 27.7 Å². The zero-order valence-electron chi connectivity index (χ0n) is 23.3. The fourth-order valence-electron chi connectivity index (χ4n) is 5.62. The maximum absolute atomic E-state index is 13.4. The van der Waals surface area contributed by atoms with Crippen LogP contribution < -0.4 is 4.90 Å². The largest absolute Gasteiger partial charge is 0.478 e. The quantitative estimate of drug-likeness (QED) is 0.364. The minimum atomic E-state index is -0.949. The van der Waals surface area contributed by atoms with E-state index < -0.39 is 5.97 Å². The van der Waals surface area contributed by atoms with Crippen LogP contribution in [0.4, 0.5) is 5.69 Å². The lowest BCUT2D eigenvalue weighted by Gasteiger charge is -2.17. The number of allylic oxidation sites excluding steroid dienone is 1. The minimum absolute atomic E-state index is 0.134. The van der Waals surface area contributed by atoms with Crippen molar-refractivity contribution in [2.75, 3.05) is 32.1 Å². The molecular formula is C33H32ClN3O3. The van der Waals surface area contributed by atoms with Crippen molar-refractivity contribution in [2.45, 2.75) is 20.8 Å². The summed E-state index contributed by atoms with van der Waals surface area (Å²) in [5, 5.41) is 10.3. The van der Waals surface area contributed by atoms with Gasteiger partial charge in [-0.3, -0.25) is 14.7 Å². The van der Waals surface area contributed by atoms with Crippen molar-refractivity contribution in [3.63, 3.8) is 0 Å². The van der Waals surface area contributed by atoms with Crippen molar-refractivity contribution in [3.8, 4) is 22.3 Å². The number of halogens is 1. The summed E-state index contributed by atoms with van der Waals surface area (Å²) in [6.45, 7) is 6.90. The van der Waals surface area contributed by atoms with Gasteiger partial charge in [-0.25, -0.2) is 4.79 Å². The molecule has 0 bridgehead atoms. The van der Waals surface area contributed by atoms with Gasteiger partial charge < -0.3 is 10.0 Å². The molecule has 0 saturated carbocycles. The third kappa shape index (κ3) is 5.12. The van der Waals surface area contributed by atoms with Gasteiger partial charge in [-0.15, -0.1) is 0 Å². The molecule has 1 amide bonds. The number of carbonyl (C=O) groups is 2. The van der Waals surface area contributed by atoms with E-state index in [0.717, 1.165) is 27.9 Å². The molecule has 0 radical (unpaired) electrons. The summed E-state index contributed by atoms with van der Waals surface area (Å²) >= 11 is 6.76. The van der Waals surface area contributed by atoms with Crippen LogP contribution in [-0.2, 0) is 9.59 Å². The van der Waals surface area contributed by atoms with Crippen molar-refractivity contribution in [1.29, 1.82) is 0 Å². The van der Waals surface area contributed by atoms with E-state index in [1.807, 2.05) is 55.3 Å². The van der Waals surface area contributed by atoms with Gasteiger partial charge in [-0.05, 0) is 61.4 Å². The first-order valence-electron chi connectivity index (χ1n) is 13.3. The molecule has 7 heteroatoms. The molecule has 1 N–H and O–H groups in total. The molecule has 5 rings (SSSR count). The molecule has 0 spiro atoms. The van der Waals surface area contributed by atoms with Crippen LogP contribution >= 0.6 is 11.6 Å². The smallest absolute Gasteiger partial charge is 0.331 e. The number of carbonyl (C=O) groups excluding carboxylic acids is 1. The average molecular weight is 554 g/mol. The van der Waals surface area contributed by atoms with E-state index in [2.05, 4.69) is 31.2 Å². The van der Waals surface area contributed by atoms with Crippen molar-refractivity contribution >= 4 is 40.4 Å². The summed E-state index contributed by atoms with van der Waals surface area (Å²) < 4.78 is 0. The van der Waals surface area contributed by atoms with Gasteiger partial charge in [0.25, 0.3) is 5.91 Å². The highest BCUT2D eigenvalue weighted by Gasteiger charge is 2.33. The van der Waals surface area contributed by atoms with Gasteiger partial charge in [-0.2, -0.15) is 0 Å². The predicted octanol–water partition coefficient (Wildman–Crippen LogP) is 6.72. The average Bonchev–Trinajstić information content (AvgIpc) is 3.05. The van der Waals surface area contributed by atoms with Crippen LogP contribution in [0.1, 0.15) is 25.0 Å². The number of aliphatic carboxylic acids is 1. The molecule has 0 aromatic heterocycles. The lowest BCUT2D eigenvalue weighted by Crippen LogP contribution is -2.27. The Morgan fingerprint density at radius 2 is 1.65 bits per heavy atom. The van der Waals surface area contributed by atoms with Crippen LogP contribution in [-0.4, -0.2) is 54.8 Å². The molecule has 1 atom stereocenters. The highest BCUT2D eigenvalue weighted by Crippen LogP contribution is 2.43. The van der Waals surface area contributed by atoms with Crippen LogP contribution in [0.15, 0.2) is 83.0 Å². The SMILES string of the molecule is C/C(N=C1C=C(C(=O)O)C(C)CN(C)C1)=C1/C(=O)N(C)c2cc(Cl)c(-c3ccc(-c4ccccc4C)cc3)cc21. The Bertz CT molecular complexity index is 1620. The van der Waals surface area contributed by atoms with E-state index in [1.165, 1.54) is 11.1 Å². The van der Waals surface area contributed by atoms with Crippen molar-refractivity contribution in [3.05, 3.63) is 94.2 Å². The molecule has 6 nitrogen and oxygen atoms in total. The van der Waals surface area contributed by atoms with Crippen molar-refractivity contribution in [2.24, 2.45) is 10.9 Å². The normalized spacial score (nSPS) is 19.9. The second kappa shape index (κ2) is 10.9. The van der Waals surface area contributed by atoms with Gasteiger partial charge in [0.15, 0.2) is 0 Å². The Labute approximate surface area is 239 Å². The molecule has 2 aliphatic rings. The van der Waals surface area contributed by atoms with Crippen LogP contribution in [0.3, 0.4) is 0 Å². The summed E-state index contributed by atoms with van der Waals surface area (Å²) in [7, 11) is 3.67. The van der Waals surface area contributed by atoms with E-state index in [-0.39, 0.29) is 11.8 Å². The maximum Gasteiger partial charge on any atom is 0.331 e. The van der Waals surface area contributed by atoms with Crippen LogP contribution in [0.2, 0.25) is 5.02 Å². The first-order chi connectivity index (χ1) is 19.0. The Kier molecular flexibility index (Phi) is 7.49. The predicted molar refractivity (Wildman–Crippen MR) is 163 cm³/mol. The molecule has 1 unspecified atom stereocenters. The molecule has 0 aliphatic carbocycles. The monoisotopic (exact) mass is 553 g/mol. The van der Waals surface area contributed by atoms with Gasteiger partial charge in [0.2, 0.25) is 0 Å². The highest BCUT2D eigenvalue weighted by molar-refractivity contribution is 6.37. The fourth-order valence-corrected chi connectivity index (χ4v) is 5.88. The fraction of sp³-hybridized carbons (Fsp3) is 0.242. The Morgan fingerprint density at radius 3 is 2.30 bits per heavy atom. The number of nitrogens with zero attached hydrogens (tertiary/aromatic N) is 3. The number of rotatable bonds is 4. The topological polar surface area (TPSA) is 73.2 Å². The molecule has 0 saturated heterocycles. The molecule has 204 valence electrons. The van der Waals surface area contributed by atoms with Crippen LogP contribution in [0.25, 0.3) is 27.8 Å². The number of aliphatic imine (C=N–C) groups is 1. The number of amides is 1. The second-order valence-corrected chi connectivity index (χ2v) is 11.1. The number of fused-ring (bicyclic) bond motifs is 1. The van der Waals surface area contributed by atoms with Gasteiger partial charge in [-0.1, -0.05) is 67.1 Å². The van der Waals surface area contributed by atoms with Crippen LogP contribution in [0, 0.1) is 12.8 Å². The van der Waals surface area contributed by atoms with E-state index >= 15 is 0 Å². The number of anilines is 1. The molecule has 3 aromatic carbocycles. The molecule has 2 heterocycles. The van der Waals surface area contributed by atoms with Gasteiger partial charge in [0.1, 0.15) is 0 Å². The number of likely N-dealkylation sites (N-methyl/N-ethyl adjacent to an activating group) is 1. The summed E-state index contributed by atoms with van der Waals surface area (Å²) in [5.41, 5.74) is 8.72. The number of hydrogen-bond donors (Lipinski definition) is 1. The summed E-state index contributed by atoms with van der Waals surface area (Å²) in [4.78, 5) is 33.7. The number of aryl methyl sites for hydroxylation is 1. The number of carboxylic acid groups (broad SMARTS) is 1. The highest BCUT2D eigenvalue weighted by atomic mass is 35.5. The number of carboxylic acids is 1. The third-order valence-corrected chi connectivity index (χ3v) is 7.99. The minimum Gasteiger partial charge on any atom is -0.478 e. The van der Waals surface area contributed by atoms with E-state index in [9.17, 15) is 14.7 Å². The van der Waals surface area contributed by atoms with Crippen molar-refractivity contribution < 1.29 is 14.7 Å². The first kappa shape index (κ1) is 27.6. The van der Waals surface area contributed by atoms with Gasteiger partial charge in [0, 0.05) is 42.8 Å². The Morgan fingerprint density at radius 1 is 1.00 bits per heavy atom. The molecule has 3 aromatic rings. The maximum atomic E-state index is 13.4. The first-order valence-corrected chi connectivity index (χ1v) is 13.6. The molecule has 2 aliphatic heterocycles. The summed E-state index contributed by atoms with van der Waals surface area (Å²) in [6.07, 6.45) is 1.65.